The molecule has 0 rings (SSSR count). The predicted octanol–water partition coefficient (Wildman–Crippen LogP) is 2.37. The average molecular weight is 131 g/mol. The van der Waals surface area contributed by atoms with E-state index in [1.165, 1.54) is 0 Å². The van der Waals surface area contributed by atoms with Gasteiger partial charge in [0, 0.05) is 0 Å². The third-order valence-electron chi connectivity index (χ3n) is 0. The van der Waals surface area contributed by atoms with E-state index in [9.17, 15) is 0 Å². The van der Waals surface area contributed by atoms with Crippen LogP contribution < -0.4 is 0 Å². The third-order valence-corrected chi connectivity index (χ3v) is 0. The molecule has 3 heteroatoms. The van der Waals surface area contributed by atoms with E-state index in [-0.39, 0.29) is 0 Å². The predicted molar refractivity (Wildman–Crippen MR) is 31.7 cm³/mol. The molecule has 0 heterocycles. The second-order valence-electron chi connectivity index (χ2n) is 0.957. The maximum Gasteiger partial charge on any atom is 0.0520 e. The smallest absolute Gasteiger partial charge is 0.0520 e. The molecule has 0 aromatic carbocycles. The van der Waals surface area contributed by atoms with Crippen molar-refractivity contribution in [3.05, 3.63) is 0 Å². The van der Waals surface area contributed by atoms with Crippen LogP contribution in [-0.2, 0) is 0 Å². The highest BCUT2D eigenvalue weighted by molar-refractivity contribution is 8.14. The molecular weight excluding hydrogens is 126 g/mol. The molecule has 0 aliphatic carbocycles. The quantitative estimate of drug-likeness (QED) is 0.442. The van der Waals surface area contributed by atoms with Gasteiger partial charge in [-0.15, -0.1) is 0 Å². The van der Waals surface area contributed by atoms with Crippen molar-refractivity contribution in [2.45, 2.75) is 0 Å². The minimum Gasteiger partial charge on any atom is -0.0814 e. The van der Waals surface area contributed by atoms with Gasteiger partial charge >= 0.3 is 0 Å². The molecule has 0 aromatic heterocycles. The molecule has 0 aliphatic heterocycles. The maximum atomic E-state index is 5.30. The van der Waals surface area contributed by atoms with E-state index in [4.69, 9.17) is 22.5 Å². The monoisotopic (exact) mass is 130 g/mol. The van der Waals surface area contributed by atoms with Crippen LogP contribution in [0.25, 0.3) is 0 Å². The van der Waals surface area contributed by atoms with Crippen LogP contribution in [-0.4, -0.2) is 13.0 Å². The zero-order valence-electron chi connectivity index (χ0n) is 2.91. The first kappa shape index (κ1) is 5.88. The molecule has 0 unspecified atom stereocenters. The molecule has 0 radical (unpaired) electrons. The van der Waals surface area contributed by atoms with E-state index in [2.05, 4.69) is 6.30 Å². The Morgan fingerprint density at radius 2 is 1.60 bits per heavy atom. The molecule has 5 heavy (non-hydrogen) atoms. The molecular formula is C2H5Cl2P. The standard InChI is InChI=1S/C2H5Cl2P/c1-5(2,3)4/h1H2,2H3. The van der Waals surface area contributed by atoms with Gasteiger partial charge in [-0.25, -0.2) is 0 Å². The second-order valence-corrected chi connectivity index (χ2v) is 7.87. The van der Waals surface area contributed by atoms with E-state index in [1.807, 2.05) is 0 Å². The van der Waals surface area contributed by atoms with Gasteiger partial charge in [0.15, 0.2) is 0 Å². The van der Waals surface area contributed by atoms with Gasteiger partial charge in [0.2, 0.25) is 0 Å². The first-order chi connectivity index (χ1) is 2.00. The lowest BCUT2D eigenvalue weighted by molar-refractivity contribution is 2.48. The van der Waals surface area contributed by atoms with Crippen LogP contribution in [0.3, 0.4) is 0 Å². The summed E-state index contributed by atoms with van der Waals surface area (Å²) in [6.45, 7) is 1.72. The molecule has 0 amide bonds. The van der Waals surface area contributed by atoms with Crippen molar-refractivity contribution in [2.75, 3.05) is 6.66 Å². The molecule has 0 N–H and O–H groups in total. The van der Waals surface area contributed by atoms with Crippen LogP contribution in [0, 0.1) is 0 Å². The Kier molecular flexibility index (Phi) is 1.83. The summed E-state index contributed by atoms with van der Waals surface area (Å²) in [7, 11) is 0. The summed E-state index contributed by atoms with van der Waals surface area (Å²) >= 11 is 10.6. The summed E-state index contributed by atoms with van der Waals surface area (Å²) in [4.78, 5) is 0. The van der Waals surface area contributed by atoms with Gasteiger partial charge in [0.25, 0.3) is 0 Å². The highest BCUT2D eigenvalue weighted by Gasteiger charge is 1.87. The molecule has 32 valence electrons. The Morgan fingerprint density at radius 1 is 1.60 bits per heavy atom. The van der Waals surface area contributed by atoms with Crippen molar-refractivity contribution < 1.29 is 0 Å². The van der Waals surface area contributed by atoms with Crippen LogP contribution >= 0.6 is 28.1 Å². The van der Waals surface area contributed by atoms with E-state index in [0.717, 1.165) is 0 Å². The van der Waals surface area contributed by atoms with Gasteiger partial charge in [0.05, 0.1) is 5.59 Å². The fourth-order valence-corrected chi connectivity index (χ4v) is 0. The molecule has 0 bridgehead atoms. The fourth-order valence-electron chi connectivity index (χ4n) is 0. The summed E-state index contributed by atoms with van der Waals surface area (Å²) < 4.78 is 0. The molecule has 0 nitrogen and oxygen atoms in total. The Morgan fingerprint density at radius 3 is 1.60 bits per heavy atom. The second kappa shape index (κ2) is 1.55. The topological polar surface area (TPSA) is 0 Å². The minimum absolute atomic E-state index is 1.69. The van der Waals surface area contributed by atoms with Crippen molar-refractivity contribution in [3.8, 4) is 0 Å². The first-order valence-electron chi connectivity index (χ1n) is 1.10. The van der Waals surface area contributed by atoms with Crippen LogP contribution in [0.1, 0.15) is 0 Å². The minimum atomic E-state index is -1.69. The van der Waals surface area contributed by atoms with Crippen LogP contribution in [0.4, 0.5) is 0 Å². The zero-order valence-corrected chi connectivity index (χ0v) is 5.32. The highest BCUT2D eigenvalue weighted by Crippen LogP contribution is 2.51. The molecule has 0 atom stereocenters. The molecule has 0 aromatic rings. The van der Waals surface area contributed by atoms with Gasteiger partial charge in [-0.2, -0.15) is 0 Å². The van der Waals surface area contributed by atoms with Crippen LogP contribution in [0.5, 0.6) is 0 Å². The van der Waals surface area contributed by atoms with Gasteiger partial charge in [-0.1, -0.05) is 28.8 Å². The lowest BCUT2D eigenvalue weighted by Crippen LogP contribution is -1.39. The summed E-state index contributed by atoms with van der Waals surface area (Å²) in [5.41, 5.74) is -1.69. The molecule has 0 fully saturated rings. The summed E-state index contributed by atoms with van der Waals surface area (Å²) in [5, 5.41) is 0. The van der Waals surface area contributed by atoms with Crippen molar-refractivity contribution in [3.63, 3.8) is 0 Å². The summed E-state index contributed by atoms with van der Waals surface area (Å²) in [5.74, 6) is 0. The van der Waals surface area contributed by atoms with Gasteiger partial charge in [-0.05, 0) is 6.66 Å². The third kappa shape index (κ3) is 52.3. The lowest BCUT2D eigenvalue weighted by Gasteiger charge is -1.88. The van der Waals surface area contributed by atoms with Crippen molar-refractivity contribution in [2.24, 2.45) is 0 Å². The maximum absolute atomic E-state index is 5.30. The molecule has 0 spiro atoms. The van der Waals surface area contributed by atoms with E-state index in [0.29, 0.717) is 0 Å². The van der Waals surface area contributed by atoms with Crippen LogP contribution in [0.15, 0.2) is 0 Å². The lowest BCUT2D eigenvalue weighted by atomic mass is 11.9. The average Bonchev–Trinajstić information content (AvgIpc) is 0.722. The first-order valence-corrected chi connectivity index (χ1v) is 5.33. The Bertz CT molecular complexity index is 53.8. The fraction of sp³-hybridized carbons (Fsp3) is 0.500. The summed E-state index contributed by atoms with van der Waals surface area (Å²) in [6.07, 6.45) is 3.41. The van der Waals surface area contributed by atoms with E-state index < -0.39 is 5.59 Å². The number of hydrogen-bond acceptors (Lipinski definition) is 0. The normalized spacial score (nSPS) is 11.8. The Balaban J connectivity index is 3.47. The van der Waals surface area contributed by atoms with E-state index in [1.54, 1.807) is 6.66 Å². The van der Waals surface area contributed by atoms with Crippen molar-refractivity contribution >= 4 is 34.4 Å². The molecule has 0 saturated heterocycles. The van der Waals surface area contributed by atoms with Crippen LogP contribution in [0.2, 0.25) is 0 Å². The van der Waals surface area contributed by atoms with Gasteiger partial charge in [0.1, 0.15) is 0 Å². The number of rotatable bonds is 0. The summed E-state index contributed by atoms with van der Waals surface area (Å²) in [6, 6.07) is 0. The molecule has 0 aliphatic rings. The molecule has 0 saturated carbocycles. The van der Waals surface area contributed by atoms with Crippen molar-refractivity contribution in [1.29, 1.82) is 0 Å². The Hall–Kier alpha value is 0.880. The van der Waals surface area contributed by atoms with Gasteiger partial charge in [-0.3, -0.25) is 0 Å². The zero-order chi connectivity index (χ0) is 4.50. The highest BCUT2D eigenvalue weighted by atomic mass is 35.9. The van der Waals surface area contributed by atoms with Gasteiger partial charge < -0.3 is 0 Å². The number of hydrogen-bond donors (Lipinski definition) is 0. The Labute approximate surface area is 41.6 Å². The van der Waals surface area contributed by atoms with E-state index >= 15 is 0 Å². The number of halogens is 2. The largest absolute Gasteiger partial charge is 0.0814 e. The van der Waals surface area contributed by atoms with Crippen molar-refractivity contribution in [1.82, 2.24) is 0 Å². The SMILES string of the molecule is C=P(C)(Cl)Cl.